The fourth-order valence-electron chi connectivity index (χ4n) is 4.40. The van der Waals surface area contributed by atoms with Gasteiger partial charge in [-0.25, -0.2) is 19.1 Å². The van der Waals surface area contributed by atoms with Gasteiger partial charge in [0.2, 0.25) is 0 Å². The first-order chi connectivity index (χ1) is 14.8. The van der Waals surface area contributed by atoms with Gasteiger partial charge in [-0.15, -0.1) is 0 Å². The molecule has 158 valence electrons. The average molecular weight is 425 g/mol. The Balaban J connectivity index is 1.83. The maximum absolute atomic E-state index is 5.74. The number of ether oxygens (including phenoxy) is 2. The molecule has 2 aliphatic rings. The van der Waals surface area contributed by atoms with Crippen LogP contribution in [0.25, 0.3) is 5.65 Å². The Labute approximate surface area is 177 Å². The SMILES string of the molecule is Cc1nc2ccccn2c1P(=Nc1ccccc1)(N1CCOCC1)N1CCOCC1. The Hall–Kier alpha value is -2.02. The second-order valence-corrected chi connectivity index (χ2v) is 10.5. The van der Waals surface area contributed by atoms with Gasteiger partial charge in [0.15, 0.2) is 7.36 Å². The van der Waals surface area contributed by atoms with E-state index in [0.717, 1.165) is 69.6 Å². The molecule has 2 aromatic heterocycles. The van der Waals surface area contributed by atoms with E-state index in [0.29, 0.717) is 0 Å². The van der Waals surface area contributed by atoms with Crippen molar-refractivity contribution >= 4 is 24.1 Å². The first-order valence-corrected chi connectivity index (χ1v) is 12.2. The molecule has 0 saturated carbocycles. The van der Waals surface area contributed by atoms with Crippen LogP contribution in [0.15, 0.2) is 59.5 Å². The number of hydrogen-bond donors (Lipinski definition) is 0. The number of aryl methyl sites for hydroxylation is 1. The van der Waals surface area contributed by atoms with E-state index in [4.69, 9.17) is 19.2 Å². The molecular formula is C22H28N5O2P. The van der Waals surface area contributed by atoms with Gasteiger partial charge in [-0.2, -0.15) is 0 Å². The van der Waals surface area contributed by atoms with E-state index in [1.165, 1.54) is 5.44 Å². The zero-order valence-corrected chi connectivity index (χ0v) is 18.2. The smallest absolute Gasteiger partial charge is 0.151 e. The molecule has 0 radical (unpaired) electrons. The number of benzene rings is 1. The summed E-state index contributed by atoms with van der Waals surface area (Å²) in [4.78, 5) is 4.93. The Bertz CT molecular complexity index is 1030. The van der Waals surface area contributed by atoms with Gasteiger partial charge in [0.25, 0.3) is 0 Å². The maximum Gasteiger partial charge on any atom is 0.151 e. The molecule has 3 aromatic rings. The van der Waals surface area contributed by atoms with Crippen LogP contribution in [0.5, 0.6) is 0 Å². The highest BCUT2D eigenvalue weighted by atomic mass is 31.2. The van der Waals surface area contributed by atoms with Gasteiger partial charge >= 0.3 is 0 Å². The highest BCUT2D eigenvalue weighted by molar-refractivity contribution is 7.69. The number of hydrogen-bond acceptors (Lipinski definition) is 4. The standard InChI is InChI=1S/C22H28N5O2P/c1-19-22(27-10-6-5-9-21(27)23-19)30(25-11-15-28-16-12-25,26-13-17-29-18-14-26)24-20-7-3-2-4-8-20/h2-10H,11-18H2,1H3. The van der Waals surface area contributed by atoms with Crippen LogP contribution in [-0.4, -0.2) is 71.3 Å². The Morgan fingerprint density at radius 1 is 0.833 bits per heavy atom. The van der Waals surface area contributed by atoms with Gasteiger partial charge in [0.1, 0.15) is 11.1 Å². The Morgan fingerprint density at radius 2 is 1.43 bits per heavy atom. The summed E-state index contributed by atoms with van der Waals surface area (Å²) in [6.45, 7) is 8.49. The molecule has 30 heavy (non-hydrogen) atoms. The zero-order chi connectivity index (χ0) is 20.4. The van der Waals surface area contributed by atoms with Gasteiger partial charge in [-0.1, -0.05) is 24.3 Å². The highest BCUT2D eigenvalue weighted by Gasteiger charge is 2.41. The van der Waals surface area contributed by atoms with E-state index in [1.807, 2.05) is 12.1 Å². The third kappa shape index (κ3) is 3.51. The second kappa shape index (κ2) is 8.61. The molecule has 2 fully saturated rings. The van der Waals surface area contributed by atoms with E-state index in [9.17, 15) is 0 Å². The summed E-state index contributed by atoms with van der Waals surface area (Å²) < 4.78 is 24.4. The lowest BCUT2D eigenvalue weighted by Gasteiger charge is -2.46. The highest BCUT2D eigenvalue weighted by Crippen LogP contribution is 2.58. The van der Waals surface area contributed by atoms with Crippen molar-refractivity contribution in [3.8, 4) is 0 Å². The summed E-state index contributed by atoms with van der Waals surface area (Å²) in [5, 5.41) is 0. The number of fused-ring (bicyclic) bond motifs is 1. The summed E-state index contributed by atoms with van der Waals surface area (Å²) in [5.74, 6) is 0. The van der Waals surface area contributed by atoms with Crippen LogP contribution in [0, 0.1) is 6.92 Å². The largest absolute Gasteiger partial charge is 0.379 e. The van der Waals surface area contributed by atoms with Crippen molar-refractivity contribution in [1.82, 2.24) is 18.7 Å². The van der Waals surface area contributed by atoms with Crippen LogP contribution in [0.3, 0.4) is 0 Å². The van der Waals surface area contributed by atoms with Crippen molar-refractivity contribution in [3.05, 3.63) is 60.4 Å². The van der Waals surface area contributed by atoms with Crippen LogP contribution in [0.4, 0.5) is 5.69 Å². The van der Waals surface area contributed by atoms with Crippen LogP contribution in [0.2, 0.25) is 0 Å². The van der Waals surface area contributed by atoms with Gasteiger partial charge in [-0.3, -0.25) is 4.40 Å². The van der Waals surface area contributed by atoms with Crippen molar-refractivity contribution in [2.45, 2.75) is 6.92 Å². The fourth-order valence-corrected chi connectivity index (χ4v) is 8.48. The fraction of sp³-hybridized carbons (Fsp3) is 0.409. The molecule has 1 aromatic carbocycles. The predicted molar refractivity (Wildman–Crippen MR) is 120 cm³/mol. The van der Waals surface area contributed by atoms with Gasteiger partial charge in [-0.05, 0) is 31.2 Å². The molecular weight excluding hydrogens is 397 g/mol. The predicted octanol–water partition coefficient (Wildman–Crippen LogP) is 3.30. The molecule has 0 N–H and O–H groups in total. The van der Waals surface area contributed by atoms with E-state index in [2.05, 4.69) is 63.3 Å². The molecule has 0 atom stereocenters. The second-order valence-electron chi connectivity index (χ2n) is 7.59. The summed E-state index contributed by atoms with van der Waals surface area (Å²) in [6.07, 6.45) is 2.13. The minimum absolute atomic E-state index is 0.728. The van der Waals surface area contributed by atoms with Crippen molar-refractivity contribution in [2.24, 2.45) is 4.74 Å². The number of pyridine rings is 1. The normalized spacial score (nSPS) is 19.2. The molecule has 8 heteroatoms. The molecule has 0 amide bonds. The van der Waals surface area contributed by atoms with E-state index in [-0.39, 0.29) is 0 Å². The Kier molecular flexibility index (Phi) is 5.72. The number of aromatic nitrogens is 2. The third-order valence-corrected chi connectivity index (χ3v) is 9.73. The minimum atomic E-state index is -2.32. The molecule has 0 unspecified atom stereocenters. The molecule has 5 rings (SSSR count). The molecule has 2 aliphatic heterocycles. The first-order valence-electron chi connectivity index (χ1n) is 10.6. The van der Waals surface area contributed by atoms with E-state index in [1.54, 1.807) is 0 Å². The summed E-state index contributed by atoms with van der Waals surface area (Å²) in [6, 6.07) is 16.6. The molecule has 7 nitrogen and oxygen atoms in total. The van der Waals surface area contributed by atoms with Crippen LogP contribution < -0.4 is 5.44 Å². The van der Waals surface area contributed by atoms with Crippen molar-refractivity contribution < 1.29 is 9.47 Å². The summed E-state index contributed by atoms with van der Waals surface area (Å²) in [7, 11) is -2.32. The number of morpholine rings is 2. The zero-order valence-electron chi connectivity index (χ0n) is 17.4. The monoisotopic (exact) mass is 425 g/mol. The van der Waals surface area contributed by atoms with Crippen molar-refractivity contribution in [2.75, 3.05) is 52.6 Å². The molecule has 2 saturated heterocycles. The van der Waals surface area contributed by atoms with Gasteiger partial charge in [0.05, 0.1) is 37.8 Å². The number of imidazole rings is 1. The maximum atomic E-state index is 5.74. The van der Waals surface area contributed by atoms with Crippen molar-refractivity contribution in [3.63, 3.8) is 0 Å². The number of rotatable bonds is 4. The van der Waals surface area contributed by atoms with Crippen LogP contribution in [0.1, 0.15) is 5.69 Å². The van der Waals surface area contributed by atoms with Crippen LogP contribution >= 0.6 is 7.36 Å². The lowest BCUT2D eigenvalue weighted by atomic mass is 10.3. The lowest BCUT2D eigenvalue weighted by Crippen LogP contribution is -2.47. The molecule has 0 spiro atoms. The van der Waals surface area contributed by atoms with Gasteiger partial charge in [0, 0.05) is 32.4 Å². The minimum Gasteiger partial charge on any atom is -0.379 e. The molecule has 4 heterocycles. The Morgan fingerprint density at radius 3 is 2.07 bits per heavy atom. The van der Waals surface area contributed by atoms with Crippen molar-refractivity contribution in [1.29, 1.82) is 0 Å². The molecule has 0 aliphatic carbocycles. The number of nitrogens with zero attached hydrogens (tertiary/aromatic N) is 5. The lowest BCUT2D eigenvalue weighted by molar-refractivity contribution is 0.0578. The average Bonchev–Trinajstić information content (AvgIpc) is 3.15. The third-order valence-electron chi connectivity index (χ3n) is 5.73. The van der Waals surface area contributed by atoms with E-state index < -0.39 is 7.36 Å². The summed E-state index contributed by atoms with van der Waals surface area (Å²) in [5.41, 5.74) is 4.24. The van der Waals surface area contributed by atoms with Crippen LogP contribution in [-0.2, 0) is 9.47 Å². The molecule has 0 bridgehead atoms. The first kappa shape index (κ1) is 19.9. The quantitative estimate of drug-likeness (QED) is 0.601. The summed E-state index contributed by atoms with van der Waals surface area (Å²) >= 11 is 0. The van der Waals surface area contributed by atoms with E-state index >= 15 is 0 Å². The van der Waals surface area contributed by atoms with Gasteiger partial charge < -0.3 is 9.47 Å². The topological polar surface area (TPSA) is 54.6 Å².